The van der Waals surface area contributed by atoms with E-state index in [2.05, 4.69) is 5.32 Å². The van der Waals surface area contributed by atoms with E-state index in [-0.39, 0.29) is 18.4 Å². The molecule has 1 aliphatic heterocycles. The summed E-state index contributed by atoms with van der Waals surface area (Å²) in [5.74, 6) is -2.50. The van der Waals surface area contributed by atoms with Gasteiger partial charge in [0.25, 0.3) is 5.91 Å². The predicted molar refractivity (Wildman–Crippen MR) is 72.5 cm³/mol. The van der Waals surface area contributed by atoms with Gasteiger partial charge in [0.2, 0.25) is 5.91 Å². The van der Waals surface area contributed by atoms with Crippen molar-refractivity contribution in [1.82, 2.24) is 0 Å². The monoisotopic (exact) mass is 298 g/mol. The maximum absolute atomic E-state index is 13.4. The van der Waals surface area contributed by atoms with Crippen molar-refractivity contribution in [2.45, 2.75) is 12.8 Å². The highest BCUT2D eigenvalue weighted by atomic mass is 19.1. The van der Waals surface area contributed by atoms with Gasteiger partial charge in [0.1, 0.15) is 17.3 Å². The first-order valence-electron chi connectivity index (χ1n) is 6.84. The van der Waals surface area contributed by atoms with Gasteiger partial charge in [-0.3, -0.25) is 9.59 Å². The van der Waals surface area contributed by atoms with E-state index in [1.807, 2.05) is 0 Å². The standard InChI is InChI=1S/C14H17F2N3O2/c15-10-2-1-3-11(16)13(10)18-12(20)8-19-6-4-9(5-7-19)14(17)21/h1-3,9H,4-8H2,(H2,17,21)(H,18,20)/p+1. The number of anilines is 1. The number of nitrogens with two attached hydrogens (primary N) is 1. The third-order valence-electron chi connectivity index (χ3n) is 3.73. The van der Waals surface area contributed by atoms with Crippen LogP contribution in [0.3, 0.4) is 0 Å². The Morgan fingerprint density at radius 2 is 1.81 bits per heavy atom. The topological polar surface area (TPSA) is 76.6 Å². The van der Waals surface area contributed by atoms with E-state index in [1.165, 1.54) is 6.07 Å². The summed E-state index contributed by atoms with van der Waals surface area (Å²) in [6.07, 6.45) is 1.26. The lowest BCUT2D eigenvalue weighted by Gasteiger charge is -2.27. The number of quaternary nitrogens is 1. The van der Waals surface area contributed by atoms with E-state index in [1.54, 1.807) is 0 Å². The highest BCUT2D eigenvalue weighted by Crippen LogP contribution is 2.17. The highest BCUT2D eigenvalue weighted by molar-refractivity contribution is 5.91. The quantitative estimate of drug-likeness (QED) is 0.713. The van der Waals surface area contributed by atoms with Crippen LogP contribution in [0.2, 0.25) is 0 Å². The zero-order chi connectivity index (χ0) is 15.4. The van der Waals surface area contributed by atoms with Crippen molar-refractivity contribution in [1.29, 1.82) is 0 Å². The molecular weight excluding hydrogens is 280 g/mol. The van der Waals surface area contributed by atoms with Crippen LogP contribution in [-0.2, 0) is 9.59 Å². The number of carbonyl (C=O) groups excluding carboxylic acids is 2. The summed E-state index contributed by atoms with van der Waals surface area (Å²) in [7, 11) is 0. The molecule has 0 radical (unpaired) electrons. The number of halogens is 2. The molecule has 0 unspecified atom stereocenters. The maximum atomic E-state index is 13.4. The molecule has 5 nitrogen and oxygen atoms in total. The minimum Gasteiger partial charge on any atom is -0.369 e. The average Bonchev–Trinajstić information content (AvgIpc) is 2.43. The Kier molecular flexibility index (Phi) is 4.85. The Balaban J connectivity index is 1.87. The van der Waals surface area contributed by atoms with Crippen molar-refractivity contribution in [2.24, 2.45) is 11.7 Å². The highest BCUT2D eigenvalue weighted by Gasteiger charge is 2.27. The second-order valence-electron chi connectivity index (χ2n) is 5.25. The summed E-state index contributed by atoms with van der Waals surface area (Å²) < 4.78 is 26.8. The molecule has 0 bridgehead atoms. The number of hydrogen-bond donors (Lipinski definition) is 3. The molecule has 1 saturated heterocycles. The van der Waals surface area contributed by atoms with E-state index in [0.717, 1.165) is 17.0 Å². The van der Waals surface area contributed by atoms with Gasteiger partial charge in [0.15, 0.2) is 6.54 Å². The van der Waals surface area contributed by atoms with Crippen LogP contribution in [0.15, 0.2) is 18.2 Å². The summed E-state index contributed by atoms with van der Waals surface area (Å²) in [6, 6.07) is 3.41. The van der Waals surface area contributed by atoms with E-state index >= 15 is 0 Å². The van der Waals surface area contributed by atoms with Crippen molar-refractivity contribution in [3.63, 3.8) is 0 Å². The third kappa shape index (κ3) is 3.98. The Morgan fingerprint density at radius 3 is 2.33 bits per heavy atom. The Labute approximate surface area is 121 Å². The summed E-state index contributed by atoms with van der Waals surface area (Å²) in [6.45, 7) is 1.39. The first-order valence-corrected chi connectivity index (χ1v) is 6.84. The number of para-hydroxylation sites is 1. The summed E-state index contributed by atoms with van der Waals surface area (Å²) in [4.78, 5) is 23.9. The molecule has 21 heavy (non-hydrogen) atoms. The van der Waals surface area contributed by atoms with Crippen LogP contribution >= 0.6 is 0 Å². The molecule has 4 N–H and O–H groups in total. The summed E-state index contributed by atoms with van der Waals surface area (Å²) in [5.41, 5.74) is 4.82. The molecule has 0 saturated carbocycles. The van der Waals surface area contributed by atoms with E-state index in [9.17, 15) is 18.4 Å². The number of rotatable bonds is 4. The number of carbonyl (C=O) groups is 2. The first kappa shape index (κ1) is 15.4. The Bertz CT molecular complexity index is 523. The van der Waals surface area contributed by atoms with E-state index < -0.39 is 23.2 Å². The summed E-state index contributed by atoms with van der Waals surface area (Å²) >= 11 is 0. The SMILES string of the molecule is NC(=O)C1CC[NH+](CC(=O)Nc2c(F)cccc2F)CC1. The number of primary amides is 1. The van der Waals surface area contributed by atoms with Crippen molar-refractivity contribution >= 4 is 17.5 Å². The lowest BCUT2D eigenvalue weighted by Crippen LogP contribution is -3.14. The van der Waals surface area contributed by atoms with Crippen molar-refractivity contribution in [3.05, 3.63) is 29.8 Å². The van der Waals surface area contributed by atoms with Crippen LogP contribution < -0.4 is 16.0 Å². The van der Waals surface area contributed by atoms with Gasteiger partial charge in [-0.15, -0.1) is 0 Å². The second-order valence-corrected chi connectivity index (χ2v) is 5.25. The fourth-order valence-corrected chi connectivity index (χ4v) is 2.52. The summed E-state index contributed by atoms with van der Waals surface area (Å²) in [5, 5.41) is 2.26. The molecule has 1 aromatic carbocycles. The fraction of sp³-hybridized carbons (Fsp3) is 0.429. The zero-order valence-corrected chi connectivity index (χ0v) is 11.5. The van der Waals surface area contributed by atoms with Gasteiger partial charge in [0.05, 0.1) is 13.1 Å². The molecule has 0 spiro atoms. The molecule has 1 heterocycles. The van der Waals surface area contributed by atoms with Crippen LogP contribution in [0.25, 0.3) is 0 Å². The molecule has 1 fully saturated rings. The molecular formula is C14H18F2N3O2+. The Hall–Kier alpha value is -2.02. The van der Waals surface area contributed by atoms with Gasteiger partial charge in [-0.05, 0) is 12.1 Å². The molecule has 1 aliphatic rings. The normalized spacial score (nSPS) is 21.8. The van der Waals surface area contributed by atoms with Crippen LogP contribution in [0.5, 0.6) is 0 Å². The van der Waals surface area contributed by atoms with Gasteiger partial charge in [-0.25, -0.2) is 8.78 Å². The third-order valence-corrected chi connectivity index (χ3v) is 3.73. The van der Waals surface area contributed by atoms with Gasteiger partial charge < -0.3 is 16.0 Å². The minimum absolute atomic E-state index is 0.110. The van der Waals surface area contributed by atoms with Gasteiger partial charge >= 0.3 is 0 Å². The lowest BCUT2D eigenvalue weighted by atomic mass is 9.96. The van der Waals surface area contributed by atoms with Crippen LogP contribution in [0.4, 0.5) is 14.5 Å². The number of amides is 2. The number of benzene rings is 1. The van der Waals surface area contributed by atoms with Crippen molar-refractivity contribution in [3.8, 4) is 0 Å². The zero-order valence-electron chi connectivity index (χ0n) is 11.5. The van der Waals surface area contributed by atoms with Crippen LogP contribution in [-0.4, -0.2) is 31.4 Å². The smallest absolute Gasteiger partial charge is 0.279 e. The second kappa shape index (κ2) is 6.62. The van der Waals surface area contributed by atoms with Crippen LogP contribution in [0, 0.1) is 17.6 Å². The van der Waals surface area contributed by atoms with Crippen molar-refractivity contribution in [2.75, 3.05) is 25.0 Å². The number of nitrogens with one attached hydrogen (secondary N) is 2. The molecule has 7 heteroatoms. The molecule has 0 atom stereocenters. The molecule has 0 aromatic heterocycles. The Morgan fingerprint density at radius 1 is 1.24 bits per heavy atom. The molecule has 1 aromatic rings. The van der Waals surface area contributed by atoms with Crippen molar-refractivity contribution < 1.29 is 23.3 Å². The number of piperidine rings is 1. The van der Waals surface area contributed by atoms with E-state index in [0.29, 0.717) is 25.9 Å². The minimum atomic E-state index is -0.800. The molecule has 2 amide bonds. The van der Waals surface area contributed by atoms with Gasteiger partial charge in [-0.1, -0.05) is 6.07 Å². The fourth-order valence-electron chi connectivity index (χ4n) is 2.52. The van der Waals surface area contributed by atoms with Gasteiger partial charge in [0, 0.05) is 18.8 Å². The predicted octanol–water partition coefficient (Wildman–Crippen LogP) is -0.316. The van der Waals surface area contributed by atoms with E-state index in [4.69, 9.17) is 5.73 Å². The lowest BCUT2D eigenvalue weighted by molar-refractivity contribution is -0.897. The number of likely N-dealkylation sites (tertiary alicyclic amines) is 1. The molecule has 0 aliphatic carbocycles. The first-order chi connectivity index (χ1) is 9.97. The number of hydrogen-bond acceptors (Lipinski definition) is 2. The van der Waals surface area contributed by atoms with Crippen LogP contribution in [0.1, 0.15) is 12.8 Å². The molecule has 2 rings (SSSR count). The maximum Gasteiger partial charge on any atom is 0.279 e. The van der Waals surface area contributed by atoms with Gasteiger partial charge in [-0.2, -0.15) is 0 Å². The molecule has 114 valence electrons. The average molecular weight is 298 g/mol. The largest absolute Gasteiger partial charge is 0.369 e.